The number of rotatable bonds is 2. The predicted molar refractivity (Wildman–Crippen MR) is 261 cm³/mol. The molecule has 1 aromatic heterocycles. The van der Waals surface area contributed by atoms with Crippen molar-refractivity contribution in [3.05, 3.63) is 70.0 Å². The number of ketones is 1. The number of aromatic nitrogens is 1. The van der Waals surface area contributed by atoms with Crippen LogP contribution in [0.25, 0.3) is 22.0 Å². The number of pyridine rings is 1. The molecule has 8 aliphatic heterocycles. The Morgan fingerprint density at radius 1 is 0.631 bits per heavy atom. The minimum Gasteiger partial charge on any atom is -1.00 e. The van der Waals surface area contributed by atoms with E-state index in [0.717, 1.165) is 44.5 Å². The van der Waals surface area contributed by atoms with Crippen LogP contribution in [0, 0.1) is 0 Å². The molecule has 27 heteroatoms. The first-order chi connectivity index (χ1) is 29.7. The van der Waals surface area contributed by atoms with Crippen LogP contribution in [0.2, 0.25) is 0 Å². The van der Waals surface area contributed by atoms with Gasteiger partial charge in [-0.1, -0.05) is 117 Å². The van der Waals surface area contributed by atoms with Gasteiger partial charge in [0.2, 0.25) is 0 Å². The molecule has 9 aliphatic rings. The molecule has 0 radical (unpaired) electrons. The third-order valence-corrected chi connectivity index (χ3v) is 9.37. The molecule has 376 valence electrons. The van der Waals surface area contributed by atoms with E-state index in [1.54, 1.807) is 43.3 Å². The number of hydrogen-bond acceptors (Lipinski definition) is 18. The fourth-order valence-electron chi connectivity index (χ4n) is 8.09. The molecule has 20 nitrogen and oxygen atoms in total. The summed E-state index contributed by atoms with van der Waals surface area (Å²) < 4.78 is 1.35. The lowest BCUT2D eigenvalue weighted by Gasteiger charge is -2.59. The van der Waals surface area contributed by atoms with Gasteiger partial charge in [-0.25, -0.2) is 14.7 Å². The fourth-order valence-corrected chi connectivity index (χ4v) is 8.09. The minimum atomic E-state index is -0.750. The number of hydrogen-bond donors (Lipinski definition) is 9. The number of nitrogens with two attached hydrogens (primary N) is 2. The Balaban J connectivity index is 0. The molecular formula is C38H66Br3Cl4N11O9. The van der Waals surface area contributed by atoms with Crippen LogP contribution >= 0.6 is 79.1 Å². The van der Waals surface area contributed by atoms with Gasteiger partial charge in [-0.3, -0.25) is 38.2 Å². The molecule has 0 amide bonds. The second-order valence-corrected chi connectivity index (χ2v) is 17.0. The third-order valence-electron chi connectivity index (χ3n) is 9.37. The van der Waals surface area contributed by atoms with Gasteiger partial charge in [-0.05, 0) is 13.0 Å². The van der Waals surface area contributed by atoms with Gasteiger partial charge in [0.25, 0.3) is 5.56 Å². The number of carbonyl (C=O) groups is 1. The Morgan fingerprint density at radius 3 is 1.25 bits per heavy atom. The highest BCUT2D eigenvalue weighted by atomic mass is 79.9. The number of aliphatic hydroxyl groups excluding tert-OH is 7. The van der Waals surface area contributed by atoms with E-state index in [1.165, 1.54) is 44.6 Å². The summed E-state index contributed by atoms with van der Waals surface area (Å²) in [5.41, 5.74) is 10.9. The number of benzene rings is 2. The lowest BCUT2D eigenvalue weighted by Crippen LogP contribution is -3.00. The van der Waals surface area contributed by atoms with E-state index in [0.29, 0.717) is 33.2 Å². The van der Waals surface area contributed by atoms with E-state index in [1.807, 2.05) is 12.1 Å². The lowest BCUT2D eigenvalue weighted by molar-refractivity contribution is -0.994. The minimum absolute atomic E-state index is 0. The number of carbonyl (C=O) groups excluding carboxylic acids is 1. The van der Waals surface area contributed by atoms with Gasteiger partial charge in [0.05, 0.1) is 95.8 Å². The van der Waals surface area contributed by atoms with Gasteiger partial charge in [-0.2, -0.15) is 0 Å². The summed E-state index contributed by atoms with van der Waals surface area (Å²) in [6.45, 7) is 14.8. The number of aliphatic hydroxyl groups is 7. The summed E-state index contributed by atoms with van der Waals surface area (Å²) in [4.78, 5) is 42.3. The summed E-state index contributed by atoms with van der Waals surface area (Å²) >= 11 is 19.8. The zero-order valence-electron chi connectivity index (χ0n) is 35.4. The molecule has 0 atom stereocenters. The van der Waals surface area contributed by atoms with Crippen molar-refractivity contribution in [1.29, 1.82) is 0 Å². The molecule has 0 spiro atoms. The smallest absolute Gasteiger partial charge is 0.260 e. The molecule has 0 unspecified atom stereocenters. The molecule has 2 aromatic carbocycles. The lowest BCUT2D eigenvalue weighted by atomic mass is 10.0. The van der Waals surface area contributed by atoms with E-state index in [2.05, 4.69) is 77.6 Å². The zero-order chi connectivity index (χ0) is 46.4. The molecule has 1 aliphatic carbocycles. The van der Waals surface area contributed by atoms with Crippen LogP contribution in [-0.2, 0) is 6.73 Å². The monoisotopic (exact) mass is 1200 g/mol. The van der Waals surface area contributed by atoms with Crippen LogP contribution < -0.4 is 34.0 Å². The first kappa shape index (κ1) is 66.3. The number of alkyl halides is 5. The van der Waals surface area contributed by atoms with Crippen molar-refractivity contribution in [2.75, 3.05) is 118 Å². The van der Waals surface area contributed by atoms with Crippen molar-refractivity contribution in [3.63, 3.8) is 0 Å². The van der Waals surface area contributed by atoms with Crippen molar-refractivity contribution in [3.8, 4) is 11.3 Å². The zero-order valence-corrected chi connectivity index (χ0v) is 43.3. The first-order valence-electron chi connectivity index (χ1n) is 19.2. The Bertz CT molecular complexity index is 1730. The quantitative estimate of drug-likeness (QED) is 0.0603. The highest BCUT2D eigenvalue weighted by molar-refractivity contribution is 9.09. The maximum atomic E-state index is 12.7. The Hall–Kier alpha value is -0.760. The molecule has 9 heterocycles. The highest BCUT2D eigenvalue weighted by Gasteiger charge is 2.48. The van der Waals surface area contributed by atoms with Gasteiger partial charge in [0.1, 0.15) is 26.7 Å². The van der Waals surface area contributed by atoms with Gasteiger partial charge in [0.15, 0.2) is 16.8 Å². The standard InChI is InChI=1S/C17H11NO3.C7H15N4O.C6H12N4.C2H6O.2CH3BrO.CHCl3.2CH5NO.CH4.BrH.ClH/c19-9-18-15-11-6-2-3-7-12(11)16(20)14(15)10-5-1-4-8-13(10)17(18)21;12-7-11-4-8-1-9(5-11)3-10(2-8)6-11;1-7-2-9-4-8(1)5-10(3-7)6-9;1-2-3;2*2-1-3;2-1(3)4;2*2-1-3;;;/h1-8,19H,9H2;12H,1-7H2;1-6H2;3H,2H2,1H3;2*3H,1H2;1H;2*3H,1-2H2;1H4;2*1H/q;+1;;;;;;;;;;/p-1. The van der Waals surface area contributed by atoms with E-state index in [4.69, 9.17) is 60.3 Å². The fraction of sp³-hybridized carbons (Fsp3) is 0.579. The van der Waals surface area contributed by atoms with E-state index >= 15 is 0 Å². The second kappa shape index (κ2) is 35.4. The normalized spacial score (nSPS) is 25.2. The van der Waals surface area contributed by atoms with Crippen LogP contribution in [0.3, 0.4) is 0 Å². The summed E-state index contributed by atoms with van der Waals surface area (Å²) in [6, 6.07) is 14.2. The van der Waals surface area contributed by atoms with Crippen molar-refractivity contribution in [2.45, 2.75) is 25.4 Å². The van der Waals surface area contributed by atoms with Crippen LogP contribution in [0.15, 0.2) is 53.3 Å². The van der Waals surface area contributed by atoms with Crippen LogP contribution in [0.4, 0.5) is 0 Å². The number of halogens is 7. The average Bonchev–Trinajstić information content (AvgIpc) is 3.51. The summed E-state index contributed by atoms with van der Waals surface area (Å²) in [5, 5.41) is 57.3. The summed E-state index contributed by atoms with van der Waals surface area (Å²) in [6.07, 6.45) is 0. The van der Waals surface area contributed by atoms with Crippen molar-refractivity contribution >= 4 is 95.6 Å². The third kappa shape index (κ3) is 19.9. The van der Waals surface area contributed by atoms with Crippen LogP contribution in [-0.4, -0.2) is 207 Å². The maximum absolute atomic E-state index is 12.7. The largest absolute Gasteiger partial charge is 1.00 e. The molecule has 3 aromatic rings. The van der Waals surface area contributed by atoms with Gasteiger partial charge in [-0.15, -0.1) is 12.4 Å². The van der Waals surface area contributed by atoms with E-state index in [9.17, 15) is 19.8 Å². The Morgan fingerprint density at radius 2 is 0.923 bits per heavy atom. The summed E-state index contributed by atoms with van der Waals surface area (Å²) in [5.74, 6) is -0.0981. The van der Waals surface area contributed by atoms with Gasteiger partial charge in [0, 0.05) is 28.5 Å². The van der Waals surface area contributed by atoms with Crippen molar-refractivity contribution < 1.29 is 62.0 Å². The maximum Gasteiger partial charge on any atom is 0.260 e. The summed E-state index contributed by atoms with van der Waals surface area (Å²) in [7, 11) is 0. The molecule has 0 saturated carbocycles. The molecule has 11 N–H and O–H groups in total. The van der Waals surface area contributed by atoms with Gasteiger partial charge < -0.3 is 64.2 Å². The average molecular weight is 1200 g/mol. The number of quaternary nitrogens is 1. The predicted octanol–water partition coefficient (Wildman–Crippen LogP) is -1.91. The Kier molecular flexibility index (Phi) is 36.1. The SMILES string of the molecule is C.C1N2CN3CN1CN(C2)C3.CCO.Cl.ClC(Cl)Cl.NCO.NCO.O=C1c2ccccc2-c2c1c1ccccc1c(=O)n2CO.OCBr.OCBr.OC[N+]12CN3CN(CN(C3)C1)C2.[Br-]. The molecular weight excluding hydrogens is 1140 g/mol. The van der Waals surface area contributed by atoms with E-state index < -0.39 is 11.0 Å². The topological polar surface area (TPSA) is 255 Å². The Labute approximate surface area is 429 Å². The van der Waals surface area contributed by atoms with Crippen LogP contribution in [0.5, 0.6) is 0 Å². The number of nitrogens with zero attached hydrogens (tertiary/aromatic N) is 9. The molecule has 8 fully saturated rings. The molecule has 8 bridgehead atoms. The second-order valence-electron chi connectivity index (χ2n) is 14.1. The van der Waals surface area contributed by atoms with Crippen molar-refractivity contribution in [2.24, 2.45) is 11.5 Å². The van der Waals surface area contributed by atoms with Crippen molar-refractivity contribution in [1.82, 2.24) is 38.9 Å². The molecule has 65 heavy (non-hydrogen) atoms. The number of fused-ring (bicyclic) bond motifs is 5. The highest BCUT2D eigenvalue weighted by Crippen LogP contribution is 2.39. The molecule has 8 saturated heterocycles. The first-order valence-corrected chi connectivity index (χ1v) is 22.7. The van der Waals surface area contributed by atoms with Crippen LogP contribution in [0.1, 0.15) is 30.3 Å². The van der Waals surface area contributed by atoms with Gasteiger partial charge >= 0.3 is 0 Å². The van der Waals surface area contributed by atoms with E-state index in [-0.39, 0.29) is 86.0 Å². The molecule has 12 rings (SSSR count).